The van der Waals surface area contributed by atoms with Gasteiger partial charge in [-0.2, -0.15) is 0 Å². The lowest BCUT2D eigenvalue weighted by atomic mass is 10.1. The number of hydrogen-bond acceptors (Lipinski definition) is 1. The smallest absolute Gasteiger partial charge is 0.0406 e. The van der Waals surface area contributed by atoms with Gasteiger partial charge in [-0.3, -0.25) is 0 Å². The van der Waals surface area contributed by atoms with Crippen molar-refractivity contribution in [2.75, 3.05) is 5.32 Å². The first-order chi connectivity index (χ1) is 9.70. The van der Waals surface area contributed by atoms with Crippen molar-refractivity contribution < 1.29 is 0 Å². The first kappa shape index (κ1) is 13.5. The minimum Gasteiger partial charge on any atom is -0.382 e. The van der Waals surface area contributed by atoms with Crippen molar-refractivity contribution in [2.45, 2.75) is 38.6 Å². The Bertz CT molecular complexity index is 589. The maximum absolute atomic E-state index is 5.92. The van der Waals surface area contributed by atoms with Crippen LogP contribution in [0.15, 0.2) is 42.5 Å². The van der Waals surface area contributed by atoms with Crippen LogP contribution in [0.5, 0.6) is 0 Å². The van der Waals surface area contributed by atoms with Gasteiger partial charge >= 0.3 is 0 Å². The molecule has 20 heavy (non-hydrogen) atoms. The van der Waals surface area contributed by atoms with E-state index in [1.807, 2.05) is 12.1 Å². The molecule has 0 spiro atoms. The molecule has 1 nitrogen and oxygen atoms in total. The van der Waals surface area contributed by atoms with Gasteiger partial charge in [0, 0.05) is 16.8 Å². The number of fused-ring (bicyclic) bond motifs is 1. The second kappa shape index (κ2) is 5.88. The highest BCUT2D eigenvalue weighted by Gasteiger charge is 2.11. The maximum atomic E-state index is 5.92. The van der Waals surface area contributed by atoms with Crippen molar-refractivity contribution in [3.8, 4) is 0 Å². The lowest BCUT2D eigenvalue weighted by Gasteiger charge is -2.16. The second-order valence-corrected chi connectivity index (χ2v) is 6.15. The number of anilines is 1. The SMILES string of the molecule is CC(Cc1ccc(Cl)cc1)Nc1ccc2c(c1)CCC2. The number of rotatable bonds is 4. The Balaban J connectivity index is 1.63. The fourth-order valence-electron chi connectivity index (χ4n) is 2.97. The molecular formula is C18H20ClN. The normalized spacial score (nSPS) is 14.9. The van der Waals surface area contributed by atoms with Gasteiger partial charge in [-0.1, -0.05) is 29.8 Å². The zero-order valence-electron chi connectivity index (χ0n) is 11.8. The van der Waals surface area contributed by atoms with E-state index in [0.717, 1.165) is 11.4 Å². The van der Waals surface area contributed by atoms with Crippen LogP contribution in [0.25, 0.3) is 0 Å². The van der Waals surface area contributed by atoms with E-state index in [4.69, 9.17) is 11.6 Å². The highest BCUT2D eigenvalue weighted by atomic mass is 35.5. The van der Waals surface area contributed by atoms with Crippen molar-refractivity contribution in [1.29, 1.82) is 0 Å². The molecule has 0 fully saturated rings. The highest BCUT2D eigenvalue weighted by molar-refractivity contribution is 6.30. The van der Waals surface area contributed by atoms with Gasteiger partial charge in [-0.05, 0) is 73.6 Å². The van der Waals surface area contributed by atoms with Crippen LogP contribution in [-0.2, 0) is 19.3 Å². The van der Waals surface area contributed by atoms with Gasteiger partial charge in [0.15, 0.2) is 0 Å². The fraction of sp³-hybridized carbons (Fsp3) is 0.333. The molecule has 3 rings (SSSR count). The minimum absolute atomic E-state index is 0.413. The summed E-state index contributed by atoms with van der Waals surface area (Å²) < 4.78 is 0. The molecule has 1 N–H and O–H groups in total. The van der Waals surface area contributed by atoms with Gasteiger partial charge in [0.05, 0.1) is 0 Å². The average Bonchev–Trinajstić information content (AvgIpc) is 2.89. The van der Waals surface area contributed by atoms with E-state index in [9.17, 15) is 0 Å². The summed E-state index contributed by atoms with van der Waals surface area (Å²) in [7, 11) is 0. The molecule has 1 aliphatic rings. The van der Waals surface area contributed by atoms with Crippen LogP contribution in [0, 0.1) is 0 Å². The minimum atomic E-state index is 0.413. The summed E-state index contributed by atoms with van der Waals surface area (Å²) in [5.74, 6) is 0. The zero-order chi connectivity index (χ0) is 13.9. The van der Waals surface area contributed by atoms with Crippen molar-refractivity contribution in [1.82, 2.24) is 0 Å². The predicted molar refractivity (Wildman–Crippen MR) is 86.7 cm³/mol. The maximum Gasteiger partial charge on any atom is 0.0406 e. The van der Waals surface area contributed by atoms with Crippen LogP contribution in [-0.4, -0.2) is 6.04 Å². The second-order valence-electron chi connectivity index (χ2n) is 5.71. The monoisotopic (exact) mass is 285 g/mol. The summed E-state index contributed by atoms with van der Waals surface area (Å²) >= 11 is 5.92. The summed E-state index contributed by atoms with van der Waals surface area (Å²) in [5, 5.41) is 4.40. The van der Waals surface area contributed by atoms with E-state index in [2.05, 4.69) is 42.6 Å². The van der Waals surface area contributed by atoms with Crippen LogP contribution in [0.2, 0.25) is 5.02 Å². The van der Waals surface area contributed by atoms with Gasteiger partial charge in [0.2, 0.25) is 0 Å². The number of hydrogen-bond donors (Lipinski definition) is 1. The molecule has 104 valence electrons. The Kier molecular flexibility index (Phi) is 3.98. The van der Waals surface area contributed by atoms with Crippen LogP contribution in [0.1, 0.15) is 30.0 Å². The van der Waals surface area contributed by atoms with Gasteiger partial charge < -0.3 is 5.32 Å². The quantitative estimate of drug-likeness (QED) is 0.845. The first-order valence-corrected chi connectivity index (χ1v) is 7.71. The molecule has 2 aromatic carbocycles. The summed E-state index contributed by atoms with van der Waals surface area (Å²) in [6.07, 6.45) is 4.79. The summed E-state index contributed by atoms with van der Waals surface area (Å²) in [6.45, 7) is 2.22. The van der Waals surface area contributed by atoms with Crippen molar-refractivity contribution in [3.05, 3.63) is 64.2 Å². The number of nitrogens with one attached hydrogen (secondary N) is 1. The van der Waals surface area contributed by atoms with Crippen LogP contribution >= 0.6 is 11.6 Å². The van der Waals surface area contributed by atoms with Crippen LogP contribution in [0.3, 0.4) is 0 Å². The van der Waals surface area contributed by atoms with Gasteiger partial charge in [-0.15, -0.1) is 0 Å². The Morgan fingerprint density at radius 1 is 1.05 bits per heavy atom. The van der Waals surface area contributed by atoms with Gasteiger partial charge in [-0.25, -0.2) is 0 Å². The molecule has 2 aromatic rings. The Morgan fingerprint density at radius 3 is 2.60 bits per heavy atom. The molecule has 0 saturated heterocycles. The standard InChI is InChI=1S/C18H20ClN/c1-13(11-14-5-8-17(19)9-6-14)20-18-10-7-15-3-2-4-16(15)12-18/h5-10,12-13,20H,2-4,11H2,1H3. The third kappa shape index (κ3) is 3.16. The summed E-state index contributed by atoms with van der Waals surface area (Å²) in [6, 6.07) is 15.3. The molecule has 0 saturated carbocycles. The van der Waals surface area contributed by atoms with E-state index in [1.165, 1.54) is 41.6 Å². The molecule has 0 aromatic heterocycles. The summed E-state index contributed by atoms with van der Waals surface area (Å²) in [4.78, 5) is 0. The molecule has 0 heterocycles. The van der Waals surface area contributed by atoms with Gasteiger partial charge in [0.1, 0.15) is 0 Å². The third-order valence-corrected chi connectivity index (χ3v) is 4.22. The number of aryl methyl sites for hydroxylation is 2. The molecule has 2 heteroatoms. The number of benzene rings is 2. The van der Waals surface area contributed by atoms with E-state index in [-0.39, 0.29) is 0 Å². The van der Waals surface area contributed by atoms with Crippen molar-refractivity contribution in [3.63, 3.8) is 0 Å². The molecule has 0 bridgehead atoms. The molecule has 0 aliphatic heterocycles. The molecule has 0 amide bonds. The van der Waals surface area contributed by atoms with E-state index in [0.29, 0.717) is 6.04 Å². The number of halogens is 1. The average molecular weight is 286 g/mol. The van der Waals surface area contributed by atoms with Crippen molar-refractivity contribution in [2.24, 2.45) is 0 Å². The lowest BCUT2D eigenvalue weighted by Crippen LogP contribution is -2.18. The fourth-order valence-corrected chi connectivity index (χ4v) is 3.10. The van der Waals surface area contributed by atoms with Crippen molar-refractivity contribution >= 4 is 17.3 Å². The largest absolute Gasteiger partial charge is 0.382 e. The predicted octanol–water partition coefficient (Wildman–Crippen LogP) is 4.87. The van der Waals surface area contributed by atoms with E-state index < -0.39 is 0 Å². The highest BCUT2D eigenvalue weighted by Crippen LogP contribution is 2.25. The lowest BCUT2D eigenvalue weighted by molar-refractivity contribution is 0.790. The molecule has 0 radical (unpaired) electrons. The van der Waals surface area contributed by atoms with E-state index >= 15 is 0 Å². The first-order valence-electron chi connectivity index (χ1n) is 7.33. The molecular weight excluding hydrogens is 266 g/mol. The zero-order valence-corrected chi connectivity index (χ0v) is 12.6. The van der Waals surface area contributed by atoms with Crippen LogP contribution < -0.4 is 5.32 Å². The molecule has 1 atom stereocenters. The third-order valence-electron chi connectivity index (χ3n) is 3.97. The van der Waals surface area contributed by atoms with E-state index in [1.54, 1.807) is 0 Å². The molecule has 1 aliphatic carbocycles. The Hall–Kier alpha value is -1.47. The topological polar surface area (TPSA) is 12.0 Å². The summed E-state index contributed by atoms with van der Waals surface area (Å²) in [5.41, 5.74) is 5.61. The van der Waals surface area contributed by atoms with Crippen LogP contribution in [0.4, 0.5) is 5.69 Å². The van der Waals surface area contributed by atoms with Gasteiger partial charge in [0.25, 0.3) is 0 Å². The Labute approximate surface area is 126 Å². The molecule has 1 unspecified atom stereocenters. The Morgan fingerprint density at radius 2 is 1.80 bits per heavy atom.